The number of hydrogen-bond donors (Lipinski definition) is 0. The molecule has 7 nitrogen and oxygen atoms in total. The van der Waals surface area contributed by atoms with E-state index >= 15 is 0 Å². The maximum absolute atomic E-state index is 13.0. The highest BCUT2D eigenvalue weighted by Crippen LogP contribution is 2.33. The smallest absolute Gasteiger partial charge is 0.275 e. The molecule has 2 fully saturated rings. The van der Waals surface area contributed by atoms with E-state index in [1.165, 1.54) is 11.5 Å². The molecule has 2 aliphatic heterocycles. The lowest BCUT2D eigenvalue weighted by Gasteiger charge is -2.52. The van der Waals surface area contributed by atoms with Crippen LogP contribution in [0.3, 0.4) is 0 Å². The number of piperazine rings is 1. The van der Waals surface area contributed by atoms with Crippen LogP contribution in [0.5, 0.6) is 0 Å². The number of rotatable bonds is 2. The highest BCUT2D eigenvalue weighted by Gasteiger charge is 2.50. The molecule has 2 saturated heterocycles. The predicted molar refractivity (Wildman–Crippen MR) is 87.3 cm³/mol. The number of likely N-dealkylation sites (tertiary alicyclic amines) is 1. The Balaban J connectivity index is 1.73. The van der Waals surface area contributed by atoms with E-state index in [1.54, 1.807) is 10.3 Å². The SMILES string of the molecule is CC(C)N1CCN(C)C2(CCN(C(=O)c3csnn3)CC2)C1=O. The van der Waals surface area contributed by atoms with E-state index in [2.05, 4.69) is 28.3 Å². The highest BCUT2D eigenvalue weighted by molar-refractivity contribution is 7.03. The Morgan fingerprint density at radius 1 is 1.26 bits per heavy atom. The molecule has 0 saturated carbocycles. The van der Waals surface area contributed by atoms with Crippen molar-refractivity contribution in [3.8, 4) is 0 Å². The number of aromatic nitrogens is 2. The fourth-order valence-electron chi connectivity index (χ4n) is 3.59. The number of amides is 2. The lowest BCUT2D eigenvalue weighted by atomic mass is 9.82. The van der Waals surface area contributed by atoms with Crippen LogP contribution in [0.25, 0.3) is 0 Å². The van der Waals surface area contributed by atoms with E-state index in [-0.39, 0.29) is 17.9 Å². The summed E-state index contributed by atoms with van der Waals surface area (Å²) in [7, 11) is 2.03. The Hall–Kier alpha value is -1.54. The molecule has 8 heteroatoms. The first-order valence-corrected chi connectivity index (χ1v) is 8.88. The normalized spacial score (nSPS) is 22.2. The molecule has 0 aromatic carbocycles. The molecule has 0 atom stereocenters. The second kappa shape index (κ2) is 6.16. The van der Waals surface area contributed by atoms with Gasteiger partial charge in [-0.05, 0) is 45.3 Å². The van der Waals surface area contributed by atoms with Gasteiger partial charge in [0.1, 0.15) is 5.54 Å². The number of hydrogen-bond acceptors (Lipinski definition) is 6. The number of carbonyl (C=O) groups excluding carboxylic acids is 2. The Morgan fingerprint density at radius 2 is 1.96 bits per heavy atom. The Morgan fingerprint density at radius 3 is 2.52 bits per heavy atom. The van der Waals surface area contributed by atoms with Gasteiger partial charge < -0.3 is 9.80 Å². The number of carbonyl (C=O) groups is 2. The Bertz CT molecular complexity index is 581. The van der Waals surface area contributed by atoms with Crippen molar-refractivity contribution in [1.29, 1.82) is 0 Å². The molecule has 23 heavy (non-hydrogen) atoms. The van der Waals surface area contributed by atoms with E-state index in [4.69, 9.17) is 0 Å². The van der Waals surface area contributed by atoms with Gasteiger partial charge in [0.15, 0.2) is 5.69 Å². The van der Waals surface area contributed by atoms with Gasteiger partial charge in [0, 0.05) is 37.6 Å². The summed E-state index contributed by atoms with van der Waals surface area (Å²) in [5.41, 5.74) is -0.0577. The van der Waals surface area contributed by atoms with Crippen LogP contribution in [0.4, 0.5) is 0 Å². The predicted octanol–water partition coefficient (Wildman–Crippen LogP) is 0.695. The molecule has 2 aliphatic rings. The fraction of sp³-hybridized carbons (Fsp3) is 0.733. The highest BCUT2D eigenvalue weighted by atomic mass is 32.1. The third kappa shape index (κ3) is 2.74. The van der Waals surface area contributed by atoms with Gasteiger partial charge in [-0.25, -0.2) is 0 Å². The van der Waals surface area contributed by atoms with E-state index in [0.717, 1.165) is 13.1 Å². The largest absolute Gasteiger partial charge is 0.337 e. The molecule has 2 amide bonds. The van der Waals surface area contributed by atoms with Crippen molar-refractivity contribution in [3.63, 3.8) is 0 Å². The lowest BCUT2D eigenvalue weighted by Crippen LogP contribution is -2.68. The zero-order chi connectivity index (χ0) is 16.6. The van der Waals surface area contributed by atoms with E-state index < -0.39 is 5.54 Å². The van der Waals surface area contributed by atoms with Crippen LogP contribution in [0.2, 0.25) is 0 Å². The minimum absolute atomic E-state index is 0.0831. The average Bonchev–Trinajstić information content (AvgIpc) is 3.07. The van der Waals surface area contributed by atoms with Gasteiger partial charge in [-0.2, -0.15) is 0 Å². The second-order valence-corrected chi connectivity index (χ2v) is 7.24. The zero-order valence-corrected chi connectivity index (χ0v) is 14.7. The quantitative estimate of drug-likeness (QED) is 0.794. The van der Waals surface area contributed by atoms with Crippen molar-refractivity contribution in [2.45, 2.75) is 38.3 Å². The van der Waals surface area contributed by atoms with Crippen LogP contribution >= 0.6 is 11.5 Å². The summed E-state index contributed by atoms with van der Waals surface area (Å²) >= 11 is 1.18. The van der Waals surface area contributed by atoms with Crippen LogP contribution in [-0.4, -0.2) is 80.9 Å². The van der Waals surface area contributed by atoms with Crippen LogP contribution in [0.15, 0.2) is 5.38 Å². The van der Waals surface area contributed by atoms with Crippen LogP contribution < -0.4 is 0 Å². The standard InChI is InChI=1S/C15H23N5O2S/c1-11(2)20-9-8-18(3)15(14(20)22)4-6-19(7-5-15)13(21)12-10-23-17-16-12/h10-11H,4-9H2,1-3H3. The van der Waals surface area contributed by atoms with Gasteiger partial charge >= 0.3 is 0 Å². The minimum atomic E-state index is -0.459. The topological polar surface area (TPSA) is 69.6 Å². The van der Waals surface area contributed by atoms with Crippen molar-refractivity contribution in [1.82, 2.24) is 24.3 Å². The number of likely N-dealkylation sites (N-methyl/N-ethyl adjacent to an activating group) is 1. The van der Waals surface area contributed by atoms with Crippen molar-refractivity contribution in [3.05, 3.63) is 11.1 Å². The molecule has 1 aromatic heterocycles. The van der Waals surface area contributed by atoms with E-state index in [1.807, 2.05) is 11.9 Å². The Kier molecular flexibility index (Phi) is 4.37. The molecule has 126 valence electrons. The van der Waals surface area contributed by atoms with E-state index in [9.17, 15) is 9.59 Å². The molecule has 0 unspecified atom stereocenters. The number of piperidine rings is 1. The van der Waals surface area contributed by atoms with Gasteiger partial charge in [-0.1, -0.05) is 4.49 Å². The van der Waals surface area contributed by atoms with Gasteiger partial charge in [0.2, 0.25) is 5.91 Å². The number of nitrogens with zero attached hydrogens (tertiary/aromatic N) is 5. The molecule has 0 N–H and O–H groups in total. The summed E-state index contributed by atoms with van der Waals surface area (Å²) in [6, 6.07) is 0.216. The van der Waals surface area contributed by atoms with Crippen molar-refractivity contribution in [2.24, 2.45) is 0 Å². The van der Waals surface area contributed by atoms with Gasteiger partial charge in [-0.3, -0.25) is 14.5 Å². The third-order valence-corrected chi connectivity index (χ3v) is 5.65. The van der Waals surface area contributed by atoms with Gasteiger partial charge in [0.25, 0.3) is 5.91 Å². The molecular formula is C15H23N5O2S. The van der Waals surface area contributed by atoms with Crippen LogP contribution in [0.1, 0.15) is 37.2 Å². The summed E-state index contributed by atoms with van der Waals surface area (Å²) in [5, 5.41) is 5.52. The first-order valence-electron chi connectivity index (χ1n) is 8.04. The molecule has 1 spiro atoms. The first kappa shape index (κ1) is 16.3. The summed E-state index contributed by atoms with van der Waals surface area (Å²) in [6.45, 7) is 6.95. The molecule has 0 aliphatic carbocycles. The molecule has 3 heterocycles. The molecule has 0 bridgehead atoms. The zero-order valence-electron chi connectivity index (χ0n) is 13.9. The second-order valence-electron chi connectivity index (χ2n) is 6.63. The maximum Gasteiger partial charge on any atom is 0.275 e. The van der Waals surface area contributed by atoms with Gasteiger partial charge in [-0.15, -0.1) is 5.10 Å². The summed E-state index contributed by atoms with van der Waals surface area (Å²) in [4.78, 5) is 31.4. The van der Waals surface area contributed by atoms with Crippen LogP contribution in [-0.2, 0) is 4.79 Å². The third-order valence-electron chi connectivity index (χ3n) is 5.15. The summed E-state index contributed by atoms with van der Waals surface area (Å²) in [6.07, 6.45) is 1.35. The summed E-state index contributed by atoms with van der Waals surface area (Å²) < 4.78 is 3.75. The maximum atomic E-state index is 13.0. The lowest BCUT2D eigenvalue weighted by molar-refractivity contribution is -0.156. The molecular weight excluding hydrogens is 314 g/mol. The molecule has 0 radical (unpaired) electrons. The first-order chi connectivity index (χ1) is 11.0. The van der Waals surface area contributed by atoms with E-state index in [0.29, 0.717) is 31.6 Å². The van der Waals surface area contributed by atoms with Crippen LogP contribution in [0, 0.1) is 0 Å². The average molecular weight is 337 g/mol. The van der Waals surface area contributed by atoms with Crippen molar-refractivity contribution in [2.75, 3.05) is 33.2 Å². The van der Waals surface area contributed by atoms with Crippen molar-refractivity contribution >= 4 is 23.3 Å². The van der Waals surface area contributed by atoms with Crippen molar-refractivity contribution < 1.29 is 9.59 Å². The van der Waals surface area contributed by atoms with Gasteiger partial charge in [0.05, 0.1) is 0 Å². The fourth-order valence-corrected chi connectivity index (χ4v) is 4.02. The minimum Gasteiger partial charge on any atom is -0.337 e. The Labute approximate surface area is 140 Å². The molecule has 1 aromatic rings. The monoisotopic (exact) mass is 337 g/mol. The molecule has 3 rings (SSSR count). The summed E-state index contributed by atoms with van der Waals surface area (Å²) in [5.74, 6) is 0.129.